The van der Waals surface area contributed by atoms with Gasteiger partial charge >= 0.3 is 5.97 Å². The summed E-state index contributed by atoms with van der Waals surface area (Å²) in [6.07, 6.45) is 6.76. The van der Waals surface area contributed by atoms with Crippen LogP contribution in [0.5, 0.6) is 0 Å². The molecule has 2 aliphatic heterocycles. The van der Waals surface area contributed by atoms with Crippen LogP contribution in [0.2, 0.25) is 0 Å². The van der Waals surface area contributed by atoms with Crippen molar-refractivity contribution in [3.63, 3.8) is 0 Å². The molecule has 0 aromatic heterocycles. The van der Waals surface area contributed by atoms with Crippen molar-refractivity contribution >= 4 is 12.0 Å². The van der Waals surface area contributed by atoms with Crippen LogP contribution in [0.3, 0.4) is 0 Å². The summed E-state index contributed by atoms with van der Waals surface area (Å²) in [6, 6.07) is 0.928. The second kappa shape index (κ2) is 7.87. The Labute approximate surface area is 189 Å². The maximum atomic E-state index is 15.4. The number of rotatable bonds is 5. The summed E-state index contributed by atoms with van der Waals surface area (Å²) >= 11 is 0. The van der Waals surface area contributed by atoms with Gasteiger partial charge in [0.1, 0.15) is 23.5 Å². The van der Waals surface area contributed by atoms with Crippen molar-refractivity contribution in [1.29, 1.82) is 0 Å². The fraction of sp³-hybridized carbons (Fsp3) is 0.400. The molecule has 174 valence electrons. The molecule has 4 aliphatic rings. The lowest BCUT2D eigenvalue weighted by Crippen LogP contribution is -2.47. The Kier molecular flexibility index (Phi) is 5.23. The van der Waals surface area contributed by atoms with E-state index in [9.17, 15) is 13.6 Å². The van der Waals surface area contributed by atoms with E-state index in [1.54, 1.807) is 17.1 Å². The first kappa shape index (κ1) is 21.9. The number of halogens is 4. The van der Waals surface area contributed by atoms with Crippen LogP contribution in [0.4, 0.5) is 17.6 Å². The fourth-order valence-electron chi connectivity index (χ4n) is 5.20. The van der Waals surface area contributed by atoms with Crippen molar-refractivity contribution < 1.29 is 27.5 Å². The largest absolute Gasteiger partial charge is 0.478 e. The quantitative estimate of drug-likeness (QED) is 0.482. The zero-order chi connectivity index (χ0) is 23.5. The number of fused-ring (bicyclic) bond motifs is 2. The third kappa shape index (κ3) is 3.90. The van der Waals surface area contributed by atoms with Gasteiger partial charge < -0.3 is 10.4 Å². The number of hydrogen-bond donors (Lipinski definition) is 2. The standard InChI is InChI=1S/C25H24F4N2O2/c1-13-9-15-21-16(26)3-2-4-19(21)30-23(15)24(31(13)12-25(29)7-8-25)22-17(27)10-14(11-18(22)28)5-6-20(32)33/h2-6,10-11,13,16,21,24,30H,7-9,12H2,1H3,(H,32,33)/b6-5+/t13?,16?,21?,24-/m0/s1. The van der Waals surface area contributed by atoms with Crippen molar-refractivity contribution in [2.75, 3.05) is 6.54 Å². The lowest BCUT2D eigenvalue weighted by Gasteiger charge is -2.43. The molecule has 4 nitrogen and oxygen atoms in total. The van der Waals surface area contributed by atoms with E-state index < -0.39 is 41.4 Å². The van der Waals surface area contributed by atoms with E-state index in [2.05, 4.69) is 5.32 Å². The average Bonchev–Trinajstić information content (AvgIpc) is 3.35. The van der Waals surface area contributed by atoms with Gasteiger partial charge in [-0.25, -0.2) is 22.4 Å². The number of carboxylic acids is 1. The number of nitrogens with zero attached hydrogens (tertiary/aromatic N) is 1. The predicted octanol–water partition coefficient (Wildman–Crippen LogP) is 4.97. The number of alkyl halides is 2. The number of nitrogens with one attached hydrogen (secondary N) is 1. The molecule has 0 bridgehead atoms. The number of allylic oxidation sites excluding steroid dienone is 4. The topological polar surface area (TPSA) is 52.6 Å². The molecule has 0 saturated heterocycles. The lowest BCUT2D eigenvalue weighted by atomic mass is 9.81. The van der Waals surface area contributed by atoms with E-state index in [0.29, 0.717) is 30.7 Å². The minimum absolute atomic E-state index is 0.0257. The van der Waals surface area contributed by atoms with Crippen molar-refractivity contribution in [2.24, 2.45) is 5.92 Å². The molecule has 1 fully saturated rings. The zero-order valence-corrected chi connectivity index (χ0v) is 18.0. The highest BCUT2D eigenvalue weighted by Gasteiger charge is 2.51. The van der Waals surface area contributed by atoms with Gasteiger partial charge in [-0.15, -0.1) is 0 Å². The van der Waals surface area contributed by atoms with Gasteiger partial charge in [-0.2, -0.15) is 0 Å². The van der Waals surface area contributed by atoms with Gasteiger partial charge in [0.25, 0.3) is 0 Å². The zero-order valence-electron chi connectivity index (χ0n) is 18.0. The lowest BCUT2D eigenvalue weighted by molar-refractivity contribution is -0.131. The second-order valence-electron chi connectivity index (χ2n) is 9.34. The van der Waals surface area contributed by atoms with E-state index in [1.807, 2.05) is 6.92 Å². The molecule has 2 N–H and O–H groups in total. The molecule has 0 spiro atoms. The van der Waals surface area contributed by atoms with Crippen LogP contribution in [0.25, 0.3) is 6.08 Å². The van der Waals surface area contributed by atoms with Gasteiger partial charge in [-0.3, -0.25) is 4.90 Å². The highest BCUT2D eigenvalue weighted by molar-refractivity contribution is 5.85. The Morgan fingerprint density at radius 3 is 2.64 bits per heavy atom. The Balaban J connectivity index is 1.62. The van der Waals surface area contributed by atoms with Crippen LogP contribution in [-0.4, -0.2) is 40.4 Å². The van der Waals surface area contributed by atoms with Gasteiger partial charge in [0, 0.05) is 35.6 Å². The van der Waals surface area contributed by atoms with Crippen molar-refractivity contribution in [3.8, 4) is 0 Å². The monoisotopic (exact) mass is 460 g/mol. The Hall–Kier alpha value is -2.87. The molecule has 1 saturated carbocycles. The summed E-state index contributed by atoms with van der Waals surface area (Å²) in [5.41, 5.74) is 0.318. The van der Waals surface area contributed by atoms with Gasteiger partial charge in [0.05, 0.1) is 12.0 Å². The molecule has 2 heterocycles. The average molecular weight is 460 g/mol. The molecule has 8 heteroatoms. The maximum Gasteiger partial charge on any atom is 0.328 e. The van der Waals surface area contributed by atoms with E-state index >= 15 is 8.78 Å². The molecular weight excluding hydrogens is 436 g/mol. The minimum atomic E-state index is -1.39. The van der Waals surface area contributed by atoms with Crippen LogP contribution in [0.1, 0.15) is 43.4 Å². The predicted molar refractivity (Wildman–Crippen MR) is 115 cm³/mol. The van der Waals surface area contributed by atoms with Crippen molar-refractivity contribution in [1.82, 2.24) is 10.2 Å². The third-order valence-corrected chi connectivity index (χ3v) is 6.96. The van der Waals surface area contributed by atoms with E-state index in [-0.39, 0.29) is 23.7 Å². The van der Waals surface area contributed by atoms with Gasteiger partial charge in [-0.1, -0.05) is 6.08 Å². The van der Waals surface area contributed by atoms with Crippen LogP contribution in [-0.2, 0) is 4.79 Å². The first-order valence-electron chi connectivity index (χ1n) is 11.0. The van der Waals surface area contributed by atoms with E-state index in [4.69, 9.17) is 5.11 Å². The van der Waals surface area contributed by atoms with Crippen molar-refractivity contribution in [3.05, 3.63) is 76.2 Å². The SMILES string of the molecule is CC1CC2=C(NC3=CC=CC(F)C32)[C@H](c2c(F)cc(/C=C/C(=O)O)cc2F)N1CC1(F)CC1. The number of benzene rings is 1. The Morgan fingerprint density at radius 2 is 2.00 bits per heavy atom. The molecule has 33 heavy (non-hydrogen) atoms. The molecule has 1 aromatic carbocycles. The Bertz CT molecular complexity index is 1110. The van der Waals surface area contributed by atoms with Crippen molar-refractivity contribution in [2.45, 2.75) is 50.1 Å². The van der Waals surface area contributed by atoms with Crippen LogP contribution >= 0.6 is 0 Å². The first-order valence-corrected chi connectivity index (χ1v) is 11.0. The fourth-order valence-corrected chi connectivity index (χ4v) is 5.20. The summed E-state index contributed by atoms with van der Waals surface area (Å²) in [5.74, 6) is -3.50. The molecule has 4 atom stereocenters. The van der Waals surface area contributed by atoms with E-state index in [1.165, 1.54) is 6.08 Å². The summed E-state index contributed by atoms with van der Waals surface area (Å²) in [6.45, 7) is 1.90. The molecule has 3 unspecified atom stereocenters. The smallest absolute Gasteiger partial charge is 0.328 e. The molecule has 0 radical (unpaired) electrons. The van der Waals surface area contributed by atoms with E-state index in [0.717, 1.165) is 29.9 Å². The first-order chi connectivity index (χ1) is 15.7. The number of hydrogen-bond acceptors (Lipinski definition) is 3. The van der Waals surface area contributed by atoms with Gasteiger partial charge in [0.2, 0.25) is 0 Å². The molecule has 5 rings (SSSR count). The Morgan fingerprint density at radius 1 is 1.30 bits per heavy atom. The van der Waals surface area contributed by atoms with Gasteiger partial charge in [-0.05, 0) is 67.7 Å². The molecule has 1 aromatic rings. The van der Waals surface area contributed by atoms with Crippen LogP contribution in [0.15, 0.2) is 53.4 Å². The number of carboxylic acid groups (broad SMARTS) is 1. The minimum Gasteiger partial charge on any atom is -0.478 e. The summed E-state index contributed by atoms with van der Waals surface area (Å²) in [4.78, 5) is 12.5. The maximum absolute atomic E-state index is 15.4. The summed E-state index contributed by atoms with van der Waals surface area (Å²) in [5, 5.41) is 12.0. The highest BCUT2D eigenvalue weighted by Crippen LogP contribution is 2.51. The molecule has 0 amide bonds. The number of carbonyl (C=O) groups is 1. The summed E-state index contributed by atoms with van der Waals surface area (Å²) < 4.78 is 60.5. The normalized spacial score (nSPS) is 30.2. The highest BCUT2D eigenvalue weighted by atomic mass is 19.2. The second-order valence-corrected chi connectivity index (χ2v) is 9.34. The number of aliphatic carboxylic acids is 1. The van der Waals surface area contributed by atoms with Crippen LogP contribution < -0.4 is 5.32 Å². The van der Waals surface area contributed by atoms with Gasteiger partial charge in [0.15, 0.2) is 0 Å². The van der Waals surface area contributed by atoms with Crippen LogP contribution in [0, 0.1) is 17.6 Å². The molecule has 2 aliphatic carbocycles. The third-order valence-electron chi connectivity index (χ3n) is 6.96. The molecular formula is C25H24F4N2O2. The summed E-state index contributed by atoms with van der Waals surface area (Å²) in [7, 11) is 0.